The molecule has 0 radical (unpaired) electrons. The molecular formula is C23H22ClF3N4O2S. The van der Waals surface area contributed by atoms with E-state index in [1.54, 1.807) is 10.6 Å². The second kappa shape index (κ2) is 11.0. The Morgan fingerprint density at radius 1 is 1.24 bits per heavy atom. The third kappa shape index (κ3) is 6.32. The lowest BCUT2D eigenvalue weighted by Crippen LogP contribution is -2.18. The summed E-state index contributed by atoms with van der Waals surface area (Å²) in [7, 11) is 0. The van der Waals surface area contributed by atoms with E-state index in [2.05, 4.69) is 22.1 Å². The molecule has 180 valence electrons. The van der Waals surface area contributed by atoms with Gasteiger partial charge in [-0.05, 0) is 49.2 Å². The molecule has 0 unspecified atom stereocenters. The summed E-state index contributed by atoms with van der Waals surface area (Å²) in [5, 5.41) is 11.6. The van der Waals surface area contributed by atoms with E-state index in [1.165, 1.54) is 18.2 Å². The van der Waals surface area contributed by atoms with Gasteiger partial charge in [-0.3, -0.25) is 9.36 Å². The smallest absolute Gasteiger partial charge is 0.418 e. The van der Waals surface area contributed by atoms with Gasteiger partial charge in [-0.2, -0.15) is 13.2 Å². The van der Waals surface area contributed by atoms with E-state index in [1.807, 2.05) is 26.0 Å². The Balaban J connectivity index is 1.67. The minimum atomic E-state index is -4.57. The molecule has 3 rings (SSSR count). The average molecular weight is 511 g/mol. The highest BCUT2D eigenvalue weighted by Gasteiger charge is 2.33. The number of nitrogens with one attached hydrogen (secondary N) is 1. The number of alkyl halides is 3. The van der Waals surface area contributed by atoms with E-state index in [9.17, 15) is 18.0 Å². The maximum Gasteiger partial charge on any atom is 0.418 e. The summed E-state index contributed by atoms with van der Waals surface area (Å²) in [5.41, 5.74) is 0.572. The number of allylic oxidation sites excluding steroid dienone is 1. The summed E-state index contributed by atoms with van der Waals surface area (Å²) < 4.78 is 47.0. The lowest BCUT2D eigenvalue weighted by Gasteiger charge is -2.13. The summed E-state index contributed by atoms with van der Waals surface area (Å²) in [6, 6.07) is 8.46. The molecular weight excluding hydrogens is 489 g/mol. The number of thioether (sulfide) groups is 1. The van der Waals surface area contributed by atoms with Crippen LogP contribution in [0.1, 0.15) is 22.5 Å². The zero-order valence-corrected chi connectivity index (χ0v) is 20.0. The second-order valence-electron chi connectivity index (χ2n) is 7.34. The first-order valence-corrected chi connectivity index (χ1v) is 11.5. The molecule has 0 atom stereocenters. The van der Waals surface area contributed by atoms with Gasteiger partial charge in [-0.1, -0.05) is 41.6 Å². The van der Waals surface area contributed by atoms with Gasteiger partial charge >= 0.3 is 6.18 Å². The number of hydrogen-bond acceptors (Lipinski definition) is 5. The average Bonchev–Trinajstić information content (AvgIpc) is 3.16. The van der Waals surface area contributed by atoms with Crippen molar-refractivity contribution in [3.8, 4) is 5.75 Å². The third-order valence-corrected chi connectivity index (χ3v) is 6.28. The van der Waals surface area contributed by atoms with Crippen molar-refractivity contribution in [2.45, 2.75) is 38.3 Å². The number of carbonyl (C=O) groups is 1. The van der Waals surface area contributed by atoms with E-state index in [-0.39, 0.29) is 18.0 Å². The van der Waals surface area contributed by atoms with Crippen LogP contribution in [0.5, 0.6) is 5.75 Å². The van der Waals surface area contributed by atoms with E-state index >= 15 is 0 Å². The van der Waals surface area contributed by atoms with Crippen LogP contribution >= 0.6 is 23.4 Å². The maximum atomic E-state index is 13.1. The van der Waals surface area contributed by atoms with Gasteiger partial charge in [0, 0.05) is 11.6 Å². The Morgan fingerprint density at radius 3 is 2.56 bits per heavy atom. The summed E-state index contributed by atoms with van der Waals surface area (Å²) in [6.45, 7) is 7.98. The Hall–Kier alpha value is -2.98. The number of aromatic nitrogens is 3. The first-order valence-electron chi connectivity index (χ1n) is 10.1. The van der Waals surface area contributed by atoms with E-state index in [0.29, 0.717) is 28.3 Å². The molecule has 11 heteroatoms. The number of ether oxygens (including phenoxy) is 1. The Morgan fingerprint density at radius 2 is 1.91 bits per heavy atom. The molecule has 0 spiro atoms. The largest absolute Gasteiger partial charge is 0.486 e. The molecule has 3 aromatic rings. The van der Waals surface area contributed by atoms with Crippen molar-refractivity contribution in [3.05, 3.63) is 76.6 Å². The Kier molecular flexibility index (Phi) is 8.27. The molecule has 1 heterocycles. The minimum Gasteiger partial charge on any atom is -0.486 e. The zero-order valence-electron chi connectivity index (χ0n) is 18.4. The van der Waals surface area contributed by atoms with Crippen LogP contribution in [-0.2, 0) is 24.1 Å². The van der Waals surface area contributed by atoms with Gasteiger partial charge in [-0.25, -0.2) is 0 Å². The van der Waals surface area contributed by atoms with Crippen LogP contribution in [0.3, 0.4) is 0 Å². The van der Waals surface area contributed by atoms with Gasteiger partial charge in [0.25, 0.3) is 0 Å². The molecule has 34 heavy (non-hydrogen) atoms. The van der Waals surface area contributed by atoms with Crippen LogP contribution in [0.4, 0.5) is 18.9 Å². The fourth-order valence-electron chi connectivity index (χ4n) is 3.14. The molecule has 0 aliphatic heterocycles. The van der Waals surface area contributed by atoms with Gasteiger partial charge in [0.05, 0.1) is 17.0 Å². The number of carbonyl (C=O) groups excluding carboxylic acids is 1. The highest BCUT2D eigenvalue weighted by molar-refractivity contribution is 7.99. The van der Waals surface area contributed by atoms with Crippen LogP contribution in [0, 0.1) is 13.8 Å². The van der Waals surface area contributed by atoms with Crippen molar-refractivity contribution in [2.24, 2.45) is 0 Å². The minimum absolute atomic E-state index is 0.118. The highest BCUT2D eigenvalue weighted by Crippen LogP contribution is 2.34. The maximum absolute atomic E-state index is 13.1. The van der Waals surface area contributed by atoms with Gasteiger partial charge in [0.1, 0.15) is 12.4 Å². The number of nitrogens with zero attached hydrogens (tertiary/aromatic N) is 3. The summed E-state index contributed by atoms with van der Waals surface area (Å²) in [4.78, 5) is 12.3. The predicted molar refractivity (Wildman–Crippen MR) is 126 cm³/mol. The fraction of sp³-hybridized carbons (Fsp3) is 0.261. The van der Waals surface area contributed by atoms with Gasteiger partial charge in [0.15, 0.2) is 11.0 Å². The standard InChI is InChI=1S/C23H22ClF3N4O2S/c1-4-9-31-19(12-33-16-10-14(2)21(24)15(3)11-16)29-30-22(31)34-13-20(32)28-18-8-6-5-7-17(18)23(25,26)27/h4-8,10-11H,1,9,12-13H2,2-3H3,(H,28,32). The molecule has 0 saturated heterocycles. The number of hydrogen-bond donors (Lipinski definition) is 1. The van der Waals surface area contributed by atoms with Crippen molar-refractivity contribution in [3.63, 3.8) is 0 Å². The lowest BCUT2D eigenvalue weighted by molar-refractivity contribution is -0.137. The van der Waals surface area contributed by atoms with Crippen molar-refractivity contribution < 1.29 is 22.7 Å². The van der Waals surface area contributed by atoms with Crippen molar-refractivity contribution in [2.75, 3.05) is 11.1 Å². The number of para-hydroxylation sites is 1. The topological polar surface area (TPSA) is 69.0 Å². The van der Waals surface area contributed by atoms with Gasteiger partial charge in [-0.15, -0.1) is 16.8 Å². The molecule has 0 bridgehead atoms. The molecule has 0 saturated carbocycles. The molecule has 1 N–H and O–H groups in total. The van der Waals surface area contributed by atoms with Gasteiger partial charge < -0.3 is 10.1 Å². The molecule has 0 aliphatic rings. The van der Waals surface area contributed by atoms with Crippen LogP contribution < -0.4 is 10.1 Å². The summed E-state index contributed by atoms with van der Waals surface area (Å²) in [6.07, 6.45) is -2.93. The predicted octanol–water partition coefficient (Wildman–Crippen LogP) is 6.06. The summed E-state index contributed by atoms with van der Waals surface area (Å²) >= 11 is 7.25. The number of halogens is 4. The molecule has 0 fully saturated rings. The molecule has 6 nitrogen and oxygen atoms in total. The van der Waals surface area contributed by atoms with Crippen molar-refractivity contribution in [1.29, 1.82) is 0 Å². The SMILES string of the molecule is C=CCn1c(COc2cc(C)c(Cl)c(C)c2)nnc1SCC(=O)Nc1ccccc1C(F)(F)F. The Bertz CT molecular complexity index is 1170. The molecule has 1 amide bonds. The van der Waals surface area contributed by atoms with Crippen LogP contribution in [0.2, 0.25) is 5.02 Å². The van der Waals surface area contributed by atoms with E-state index < -0.39 is 17.6 Å². The monoisotopic (exact) mass is 510 g/mol. The van der Waals surface area contributed by atoms with Crippen molar-refractivity contribution >= 4 is 35.0 Å². The van der Waals surface area contributed by atoms with Crippen LogP contribution in [0.15, 0.2) is 54.2 Å². The Labute approximate surface area is 204 Å². The second-order valence-corrected chi connectivity index (χ2v) is 8.66. The zero-order chi connectivity index (χ0) is 24.9. The fourth-order valence-corrected chi connectivity index (χ4v) is 4.01. The number of anilines is 1. The molecule has 1 aromatic heterocycles. The highest BCUT2D eigenvalue weighted by atomic mass is 35.5. The van der Waals surface area contributed by atoms with E-state index in [0.717, 1.165) is 29.0 Å². The quantitative estimate of drug-likeness (QED) is 0.280. The first-order chi connectivity index (χ1) is 16.1. The van der Waals surface area contributed by atoms with Gasteiger partial charge in [0.2, 0.25) is 5.91 Å². The van der Waals surface area contributed by atoms with E-state index in [4.69, 9.17) is 16.3 Å². The molecule has 2 aromatic carbocycles. The lowest BCUT2D eigenvalue weighted by atomic mass is 10.1. The number of benzene rings is 2. The first kappa shape index (κ1) is 25.6. The van der Waals surface area contributed by atoms with Crippen LogP contribution in [-0.4, -0.2) is 26.4 Å². The van der Waals surface area contributed by atoms with Crippen molar-refractivity contribution in [1.82, 2.24) is 14.8 Å². The number of amides is 1. The molecule has 0 aliphatic carbocycles. The van der Waals surface area contributed by atoms with Crippen LogP contribution in [0.25, 0.3) is 0 Å². The number of aryl methyl sites for hydroxylation is 2. The number of rotatable bonds is 9. The third-order valence-electron chi connectivity index (χ3n) is 4.72. The summed E-state index contributed by atoms with van der Waals surface area (Å²) in [5.74, 6) is 0.387. The normalized spacial score (nSPS) is 11.4.